The maximum Gasteiger partial charge on any atom is 0.405 e. The van der Waals surface area contributed by atoms with Gasteiger partial charge in [0.15, 0.2) is 5.57 Å². The Bertz CT molecular complexity index is 1360. The summed E-state index contributed by atoms with van der Waals surface area (Å²) < 4.78 is 43.9. The molecule has 3 N–H and O–H groups in total. The number of benzene rings is 1. The van der Waals surface area contributed by atoms with Gasteiger partial charge in [0.25, 0.3) is 11.5 Å². The summed E-state index contributed by atoms with van der Waals surface area (Å²) in [6.07, 6.45) is -3.27. The second-order valence-electron chi connectivity index (χ2n) is 7.91. The summed E-state index contributed by atoms with van der Waals surface area (Å²) in [6.45, 7) is 2.86. The lowest BCUT2D eigenvalue weighted by Crippen LogP contribution is -2.41. The number of carbonyl (C=O) groups excluding carboxylic acids is 2. The number of thiazole rings is 1. The number of anilines is 2. The quantitative estimate of drug-likeness (QED) is 0.444. The van der Waals surface area contributed by atoms with Gasteiger partial charge in [-0.1, -0.05) is 6.07 Å². The Balaban J connectivity index is 1.80. The topological polar surface area (TPSA) is 128 Å². The number of carbonyl (C=O) groups is 2. The van der Waals surface area contributed by atoms with Gasteiger partial charge in [-0.2, -0.15) is 18.4 Å². The molecule has 0 atom stereocenters. The van der Waals surface area contributed by atoms with E-state index in [0.717, 1.165) is 15.9 Å². The SMILES string of the molecule is CCn1c(=C(C#N)C(=O)NCC(F)(F)F)sc(=CNc2cccc(NC(=O)CN3CCOCC3)c2)c1=O. The van der Waals surface area contributed by atoms with Crippen molar-refractivity contribution in [1.82, 2.24) is 14.8 Å². The molecule has 0 spiro atoms. The molecule has 0 bridgehead atoms. The van der Waals surface area contributed by atoms with E-state index in [-0.39, 0.29) is 28.2 Å². The number of halogens is 3. The molecule has 1 aliphatic heterocycles. The first kappa shape index (κ1) is 27.9. The van der Waals surface area contributed by atoms with Crippen molar-refractivity contribution in [1.29, 1.82) is 5.26 Å². The van der Waals surface area contributed by atoms with Gasteiger partial charge in [0, 0.05) is 37.2 Å². The van der Waals surface area contributed by atoms with Crippen LogP contribution in [0.1, 0.15) is 6.92 Å². The molecule has 2 amide bonds. The molecule has 1 aromatic carbocycles. The molecule has 2 aromatic rings. The zero-order valence-corrected chi connectivity index (χ0v) is 20.7. The summed E-state index contributed by atoms with van der Waals surface area (Å²) in [5.41, 5.74) is -0.0101. The summed E-state index contributed by atoms with van der Waals surface area (Å²) in [4.78, 5) is 39.3. The Morgan fingerprint density at radius 1 is 1.24 bits per heavy atom. The molecule has 10 nitrogen and oxygen atoms in total. The molecule has 0 saturated carbocycles. The molecule has 0 unspecified atom stereocenters. The van der Waals surface area contributed by atoms with E-state index in [1.807, 2.05) is 4.90 Å². The van der Waals surface area contributed by atoms with Crippen LogP contribution in [0.2, 0.25) is 0 Å². The fourth-order valence-corrected chi connectivity index (χ4v) is 4.54. The van der Waals surface area contributed by atoms with E-state index in [1.54, 1.807) is 42.6 Å². The maximum absolute atomic E-state index is 12.8. The monoisotopic (exact) mass is 538 g/mol. The molecule has 14 heteroatoms. The fraction of sp³-hybridized carbons (Fsp3) is 0.391. The molecular formula is C23H25F3N6O4S. The predicted octanol–water partition coefficient (Wildman–Crippen LogP) is 0.403. The minimum atomic E-state index is -4.64. The van der Waals surface area contributed by atoms with Gasteiger partial charge in [-0.15, -0.1) is 11.3 Å². The Kier molecular flexibility index (Phi) is 9.45. The van der Waals surface area contributed by atoms with Crippen molar-refractivity contribution in [2.75, 3.05) is 50.0 Å². The second-order valence-corrected chi connectivity index (χ2v) is 8.94. The number of hydrogen-bond donors (Lipinski definition) is 3. The van der Waals surface area contributed by atoms with Crippen molar-refractivity contribution in [3.05, 3.63) is 43.8 Å². The highest BCUT2D eigenvalue weighted by atomic mass is 32.1. The standard InChI is InChI=1S/C23H25F3N6O4S/c1-2-32-21(35)18(37-22(32)17(11-27)20(34)29-14-23(24,25)26)12-28-15-4-3-5-16(10-15)30-19(33)13-31-6-8-36-9-7-31/h3-5,10,12,28H,2,6-9,13-14H2,1H3,(H,29,34)(H,30,33). The van der Waals surface area contributed by atoms with E-state index >= 15 is 0 Å². The number of aromatic nitrogens is 1. The second kappa shape index (κ2) is 12.5. The molecule has 37 heavy (non-hydrogen) atoms. The van der Waals surface area contributed by atoms with Crippen molar-refractivity contribution in [2.45, 2.75) is 19.6 Å². The average Bonchev–Trinajstić information content (AvgIpc) is 3.17. The van der Waals surface area contributed by atoms with E-state index < -0.39 is 29.8 Å². The third kappa shape index (κ3) is 7.91. The van der Waals surface area contributed by atoms with Crippen LogP contribution >= 0.6 is 11.3 Å². The van der Waals surface area contributed by atoms with Crippen LogP contribution in [-0.4, -0.2) is 66.9 Å². The highest BCUT2D eigenvalue weighted by Crippen LogP contribution is 2.15. The van der Waals surface area contributed by atoms with Crippen LogP contribution in [-0.2, 0) is 20.9 Å². The van der Waals surface area contributed by atoms with Crippen LogP contribution in [0.5, 0.6) is 0 Å². The largest absolute Gasteiger partial charge is 0.405 e. The zero-order chi connectivity index (χ0) is 27.0. The summed E-state index contributed by atoms with van der Waals surface area (Å²) in [7, 11) is 0. The summed E-state index contributed by atoms with van der Waals surface area (Å²) in [5, 5.41) is 16.8. The lowest BCUT2D eigenvalue weighted by atomic mass is 10.2. The third-order valence-electron chi connectivity index (χ3n) is 5.21. The van der Waals surface area contributed by atoms with Gasteiger partial charge in [-0.3, -0.25) is 23.9 Å². The Morgan fingerprint density at radius 3 is 2.59 bits per heavy atom. The van der Waals surface area contributed by atoms with Gasteiger partial charge in [0.05, 0.1) is 19.8 Å². The number of nitrogens with one attached hydrogen (secondary N) is 3. The van der Waals surface area contributed by atoms with Gasteiger partial charge in [-0.25, -0.2) is 0 Å². The van der Waals surface area contributed by atoms with Crippen molar-refractivity contribution < 1.29 is 27.5 Å². The fourth-order valence-electron chi connectivity index (χ4n) is 3.46. The van der Waals surface area contributed by atoms with E-state index in [0.29, 0.717) is 37.7 Å². The average molecular weight is 539 g/mol. The normalized spacial score (nSPS) is 15.6. The van der Waals surface area contributed by atoms with Crippen LogP contribution in [0, 0.1) is 11.3 Å². The molecule has 0 aliphatic carbocycles. The number of nitrogens with zero attached hydrogens (tertiary/aromatic N) is 3. The minimum Gasteiger partial charge on any atom is -0.379 e. The van der Waals surface area contributed by atoms with Gasteiger partial charge >= 0.3 is 6.18 Å². The Morgan fingerprint density at radius 2 is 1.95 bits per heavy atom. The smallest absolute Gasteiger partial charge is 0.379 e. The lowest BCUT2D eigenvalue weighted by molar-refractivity contribution is -0.135. The lowest BCUT2D eigenvalue weighted by Gasteiger charge is -2.25. The number of hydrogen-bond acceptors (Lipinski definition) is 8. The molecule has 1 saturated heterocycles. The van der Waals surface area contributed by atoms with Gasteiger partial charge < -0.3 is 20.7 Å². The summed E-state index contributed by atoms with van der Waals surface area (Å²) >= 11 is 0.804. The number of amides is 2. The van der Waals surface area contributed by atoms with E-state index in [2.05, 4.69) is 10.6 Å². The third-order valence-corrected chi connectivity index (χ3v) is 6.34. The van der Waals surface area contributed by atoms with Crippen molar-refractivity contribution in [3.8, 4) is 6.07 Å². The van der Waals surface area contributed by atoms with Gasteiger partial charge in [0.1, 0.15) is 21.8 Å². The Labute approximate surface area is 213 Å². The molecular weight excluding hydrogens is 513 g/mol. The number of ether oxygens (including phenoxy) is 1. The zero-order valence-electron chi connectivity index (χ0n) is 19.9. The van der Waals surface area contributed by atoms with E-state index in [4.69, 9.17) is 4.74 Å². The molecule has 2 heterocycles. The van der Waals surface area contributed by atoms with E-state index in [1.165, 1.54) is 6.20 Å². The van der Waals surface area contributed by atoms with Crippen molar-refractivity contribution >= 4 is 46.3 Å². The van der Waals surface area contributed by atoms with Crippen LogP contribution in [0.3, 0.4) is 0 Å². The highest BCUT2D eigenvalue weighted by Gasteiger charge is 2.29. The molecule has 1 aromatic heterocycles. The molecule has 198 valence electrons. The molecule has 1 aliphatic rings. The molecule has 3 rings (SSSR count). The van der Waals surface area contributed by atoms with Gasteiger partial charge in [-0.05, 0) is 25.1 Å². The summed E-state index contributed by atoms with van der Waals surface area (Å²) in [5.74, 6) is -1.40. The van der Waals surface area contributed by atoms with Crippen LogP contribution in [0.15, 0.2) is 29.1 Å². The van der Waals surface area contributed by atoms with Crippen LogP contribution < -0.4 is 30.7 Å². The van der Waals surface area contributed by atoms with E-state index in [9.17, 15) is 32.8 Å². The van der Waals surface area contributed by atoms with Crippen molar-refractivity contribution in [3.63, 3.8) is 0 Å². The van der Waals surface area contributed by atoms with Crippen LogP contribution in [0.4, 0.5) is 24.5 Å². The van der Waals surface area contributed by atoms with Crippen molar-refractivity contribution in [2.24, 2.45) is 0 Å². The minimum absolute atomic E-state index is 0.0492. The summed E-state index contributed by atoms with van der Waals surface area (Å²) in [6, 6.07) is 8.39. The first-order valence-corrected chi connectivity index (χ1v) is 12.1. The van der Waals surface area contributed by atoms with Crippen LogP contribution in [0.25, 0.3) is 11.8 Å². The number of alkyl halides is 3. The first-order valence-electron chi connectivity index (χ1n) is 11.3. The number of nitriles is 1. The van der Waals surface area contributed by atoms with Gasteiger partial charge in [0.2, 0.25) is 5.91 Å². The molecule has 0 radical (unpaired) electrons. The maximum atomic E-state index is 12.8. The number of rotatable bonds is 8. The Hall–Kier alpha value is -3.67. The first-order chi connectivity index (χ1) is 17.6. The highest BCUT2D eigenvalue weighted by molar-refractivity contribution is 7.07. The predicted molar refractivity (Wildman–Crippen MR) is 132 cm³/mol. The molecule has 1 fully saturated rings. The number of morpholine rings is 1.